The van der Waals surface area contributed by atoms with Gasteiger partial charge in [0.25, 0.3) is 5.91 Å². The zero-order chi connectivity index (χ0) is 12.3. The van der Waals surface area contributed by atoms with Crippen LogP contribution in [0.5, 0.6) is 0 Å². The summed E-state index contributed by atoms with van der Waals surface area (Å²) >= 11 is 0. The predicted molar refractivity (Wildman–Crippen MR) is 70.1 cm³/mol. The average Bonchev–Trinajstić information content (AvgIpc) is 2.83. The number of carbonyl (C=O) groups excluding carboxylic acids is 1. The first-order valence-corrected chi connectivity index (χ1v) is 5.74. The van der Waals surface area contributed by atoms with E-state index in [0.29, 0.717) is 13.1 Å². The van der Waals surface area contributed by atoms with Crippen molar-refractivity contribution in [2.24, 2.45) is 0 Å². The largest absolute Gasteiger partial charge is 0.361 e. The van der Waals surface area contributed by atoms with Gasteiger partial charge in [-0.05, 0) is 19.1 Å². The molecule has 1 amide bonds. The zero-order valence-electron chi connectivity index (χ0n) is 9.94. The van der Waals surface area contributed by atoms with Gasteiger partial charge in [0.05, 0.1) is 11.1 Å². The minimum absolute atomic E-state index is 0.0421. The smallest absolute Gasteiger partial charge is 0.256 e. The van der Waals surface area contributed by atoms with E-state index in [1.165, 1.54) is 0 Å². The highest BCUT2D eigenvalue weighted by Crippen LogP contribution is 2.18. The topological polar surface area (TPSA) is 36.1 Å². The lowest BCUT2D eigenvalue weighted by Gasteiger charge is -2.19. The first kappa shape index (κ1) is 11.5. The number of H-pyrrole nitrogens is 1. The Labute approximate surface area is 101 Å². The number of amides is 1. The fraction of sp³-hybridized carbons (Fsp3) is 0.214. The molecule has 0 atom stereocenters. The fourth-order valence-electron chi connectivity index (χ4n) is 1.94. The van der Waals surface area contributed by atoms with E-state index in [1.54, 1.807) is 11.0 Å². The van der Waals surface area contributed by atoms with Gasteiger partial charge >= 0.3 is 0 Å². The molecular weight excluding hydrogens is 212 g/mol. The maximum atomic E-state index is 12.3. The lowest BCUT2D eigenvalue weighted by molar-refractivity contribution is 0.0784. The number of nitrogens with zero attached hydrogens (tertiary/aromatic N) is 1. The van der Waals surface area contributed by atoms with Crippen molar-refractivity contribution in [3.63, 3.8) is 0 Å². The molecule has 2 rings (SSSR count). The molecule has 0 aliphatic rings. The molecule has 0 saturated carbocycles. The summed E-state index contributed by atoms with van der Waals surface area (Å²) in [4.78, 5) is 17.2. The fourth-order valence-corrected chi connectivity index (χ4v) is 1.94. The Morgan fingerprint density at radius 3 is 3.00 bits per heavy atom. The molecule has 0 aliphatic heterocycles. The van der Waals surface area contributed by atoms with Crippen LogP contribution in [0.3, 0.4) is 0 Å². The van der Waals surface area contributed by atoms with Crippen LogP contribution in [0.15, 0.2) is 43.1 Å². The second-order valence-corrected chi connectivity index (χ2v) is 3.88. The van der Waals surface area contributed by atoms with Crippen LogP contribution in [0.4, 0.5) is 0 Å². The highest BCUT2D eigenvalue weighted by molar-refractivity contribution is 6.05. The van der Waals surface area contributed by atoms with Crippen molar-refractivity contribution in [3.8, 4) is 0 Å². The highest BCUT2D eigenvalue weighted by Gasteiger charge is 2.15. The van der Waals surface area contributed by atoms with Gasteiger partial charge in [-0.15, -0.1) is 6.58 Å². The Bertz CT molecular complexity index is 542. The average molecular weight is 228 g/mol. The monoisotopic (exact) mass is 228 g/mol. The third-order valence-corrected chi connectivity index (χ3v) is 2.84. The summed E-state index contributed by atoms with van der Waals surface area (Å²) in [6.07, 6.45) is 3.60. The van der Waals surface area contributed by atoms with E-state index < -0.39 is 0 Å². The molecule has 3 heteroatoms. The van der Waals surface area contributed by atoms with Crippen LogP contribution in [0.25, 0.3) is 10.9 Å². The van der Waals surface area contributed by atoms with E-state index in [9.17, 15) is 4.79 Å². The van der Waals surface area contributed by atoms with Gasteiger partial charge in [0.1, 0.15) is 0 Å². The minimum atomic E-state index is 0.0421. The molecule has 17 heavy (non-hydrogen) atoms. The Kier molecular flexibility index (Phi) is 3.28. The summed E-state index contributed by atoms with van der Waals surface area (Å²) in [6, 6.07) is 7.72. The number of nitrogens with one attached hydrogen (secondary N) is 1. The van der Waals surface area contributed by atoms with E-state index in [1.807, 2.05) is 37.4 Å². The molecule has 1 heterocycles. The summed E-state index contributed by atoms with van der Waals surface area (Å²) in [7, 11) is 0. The van der Waals surface area contributed by atoms with Crippen LogP contribution in [0.2, 0.25) is 0 Å². The molecule has 0 spiro atoms. The van der Waals surface area contributed by atoms with Gasteiger partial charge in [0.2, 0.25) is 0 Å². The van der Waals surface area contributed by atoms with Gasteiger partial charge in [-0.3, -0.25) is 4.79 Å². The van der Waals surface area contributed by atoms with E-state index in [-0.39, 0.29) is 5.91 Å². The second-order valence-electron chi connectivity index (χ2n) is 3.88. The van der Waals surface area contributed by atoms with E-state index in [4.69, 9.17) is 0 Å². The maximum Gasteiger partial charge on any atom is 0.256 e. The van der Waals surface area contributed by atoms with Crippen LogP contribution in [-0.2, 0) is 0 Å². The summed E-state index contributed by atoms with van der Waals surface area (Å²) in [5.74, 6) is 0.0421. The molecule has 1 N–H and O–H groups in total. The Hall–Kier alpha value is -2.03. The number of benzene rings is 1. The number of fused-ring (bicyclic) bond motifs is 1. The van der Waals surface area contributed by atoms with Crippen LogP contribution in [-0.4, -0.2) is 28.9 Å². The molecule has 3 nitrogen and oxygen atoms in total. The lowest BCUT2D eigenvalue weighted by atomic mass is 10.1. The van der Waals surface area contributed by atoms with Crippen molar-refractivity contribution in [1.82, 2.24) is 9.88 Å². The van der Waals surface area contributed by atoms with Gasteiger partial charge in [0.15, 0.2) is 0 Å². The zero-order valence-corrected chi connectivity index (χ0v) is 9.94. The molecule has 1 aromatic heterocycles. The van der Waals surface area contributed by atoms with Crippen LogP contribution < -0.4 is 0 Å². The first-order valence-electron chi connectivity index (χ1n) is 5.74. The second kappa shape index (κ2) is 4.87. The molecule has 2 aromatic rings. The molecule has 0 fully saturated rings. The number of hydrogen-bond acceptors (Lipinski definition) is 1. The van der Waals surface area contributed by atoms with Gasteiger partial charge in [-0.2, -0.15) is 0 Å². The normalized spacial score (nSPS) is 10.4. The number of aromatic nitrogens is 1. The van der Waals surface area contributed by atoms with E-state index in [2.05, 4.69) is 11.6 Å². The number of hydrogen-bond donors (Lipinski definition) is 1. The van der Waals surface area contributed by atoms with Gasteiger partial charge in [-0.25, -0.2) is 0 Å². The summed E-state index contributed by atoms with van der Waals surface area (Å²) < 4.78 is 0. The number of aromatic amines is 1. The van der Waals surface area contributed by atoms with E-state index in [0.717, 1.165) is 16.5 Å². The predicted octanol–water partition coefficient (Wildman–Crippen LogP) is 2.82. The molecule has 1 aromatic carbocycles. The third-order valence-electron chi connectivity index (χ3n) is 2.84. The Morgan fingerprint density at radius 2 is 2.29 bits per heavy atom. The van der Waals surface area contributed by atoms with Crippen molar-refractivity contribution in [2.75, 3.05) is 13.1 Å². The molecule has 0 saturated heterocycles. The Morgan fingerprint density at radius 1 is 1.47 bits per heavy atom. The van der Waals surface area contributed by atoms with Crippen molar-refractivity contribution >= 4 is 16.8 Å². The molecule has 0 bridgehead atoms. The summed E-state index contributed by atoms with van der Waals surface area (Å²) in [5.41, 5.74) is 1.62. The third kappa shape index (κ3) is 2.09. The number of likely N-dealkylation sites (N-methyl/N-ethyl adjacent to an activating group) is 1. The summed E-state index contributed by atoms with van der Waals surface area (Å²) in [5, 5.41) is 1.06. The van der Waals surface area contributed by atoms with Crippen LogP contribution >= 0.6 is 0 Å². The molecule has 0 aliphatic carbocycles. The van der Waals surface area contributed by atoms with Gasteiger partial charge < -0.3 is 9.88 Å². The van der Waals surface area contributed by atoms with Crippen LogP contribution in [0.1, 0.15) is 17.3 Å². The van der Waals surface area contributed by atoms with E-state index >= 15 is 0 Å². The minimum Gasteiger partial charge on any atom is -0.361 e. The van der Waals surface area contributed by atoms with Crippen LogP contribution in [0, 0.1) is 0 Å². The van der Waals surface area contributed by atoms with Crippen molar-refractivity contribution in [1.29, 1.82) is 0 Å². The number of para-hydroxylation sites is 1. The maximum absolute atomic E-state index is 12.3. The molecule has 0 unspecified atom stereocenters. The standard InChI is InChI=1S/C14H16N2O/c1-3-10-16(4-2)14(17)12-7-5-6-11-8-9-15-13(11)12/h3,5-9,15H,1,4,10H2,2H3. The summed E-state index contributed by atoms with van der Waals surface area (Å²) in [6.45, 7) is 6.90. The first-order chi connectivity index (χ1) is 8.27. The number of carbonyl (C=O) groups is 1. The highest BCUT2D eigenvalue weighted by atomic mass is 16.2. The quantitative estimate of drug-likeness (QED) is 0.802. The van der Waals surface area contributed by atoms with Crippen molar-refractivity contribution in [2.45, 2.75) is 6.92 Å². The van der Waals surface area contributed by atoms with Gasteiger partial charge in [0, 0.05) is 24.7 Å². The van der Waals surface area contributed by atoms with Gasteiger partial charge in [-0.1, -0.05) is 18.2 Å². The van der Waals surface area contributed by atoms with Crippen molar-refractivity contribution < 1.29 is 4.79 Å². The lowest BCUT2D eigenvalue weighted by Crippen LogP contribution is -2.31. The number of rotatable bonds is 4. The molecule has 88 valence electrons. The SMILES string of the molecule is C=CCN(CC)C(=O)c1cccc2cc[nH]c12. The van der Waals surface area contributed by atoms with Crippen molar-refractivity contribution in [3.05, 3.63) is 48.7 Å². The Balaban J connectivity index is 2.41. The molecular formula is C14H16N2O. The molecule has 0 radical (unpaired) electrons.